The fourth-order valence-electron chi connectivity index (χ4n) is 2.14. The highest BCUT2D eigenvalue weighted by molar-refractivity contribution is 7.10. The van der Waals surface area contributed by atoms with E-state index in [2.05, 4.69) is 17.5 Å². The van der Waals surface area contributed by atoms with Crippen molar-refractivity contribution in [2.24, 2.45) is 5.10 Å². The van der Waals surface area contributed by atoms with Crippen LogP contribution in [0.1, 0.15) is 47.5 Å². The average molecular weight is 332 g/mol. The number of aryl methyl sites for hydroxylation is 1. The van der Waals surface area contributed by atoms with Gasteiger partial charge in [-0.2, -0.15) is 5.10 Å². The monoisotopic (exact) mass is 332 g/mol. The van der Waals surface area contributed by atoms with Crippen molar-refractivity contribution in [2.45, 2.75) is 33.1 Å². The Morgan fingerprint density at radius 2 is 2.04 bits per heavy atom. The van der Waals surface area contributed by atoms with Crippen LogP contribution in [0.2, 0.25) is 0 Å². The molecular formula is C17H20N2O3S. The van der Waals surface area contributed by atoms with Crippen LogP contribution in [0.3, 0.4) is 0 Å². The third kappa shape index (κ3) is 4.32. The molecule has 0 fully saturated rings. The molecule has 0 radical (unpaired) electrons. The highest BCUT2D eigenvalue weighted by atomic mass is 32.1. The number of hydrogen-bond donors (Lipinski definition) is 3. The van der Waals surface area contributed by atoms with Crippen molar-refractivity contribution < 1.29 is 15.0 Å². The summed E-state index contributed by atoms with van der Waals surface area (Å²) < 4.78 is 0. The minimum atomic E-state index is -0.283. The summed E-state index contributed by atoms with van der Waals surface area (Å²) in [6.07, 6.45) is 2.50. The van der Waals surface area contributed by atoms with Crippen LogP contribution in [0, 0.1) is 0 Å². The average Bonchev–Trinajstić information content (AvgIpc) is 3.00. The number of rotatable bonds is 6. The lowest BCUT2D eigenvalue weighted by Gasteiger charge is -2.07. The lowest BCUT2D eigenvalue weighted by atomic mass is 10.1. The SMILES string of the molecule is CCCc1cc(C(=O)N/N=C(\CC)c2cc(O)ccc2O)cs1. The maximum Gasteiger partial charge on any atom is 0.272 e. The predicted octanol–water partition coefficient (Wildman–Crippen LogP) is 3.66. The number of benzene rings is 1. The van der Waals surface area contributed by atoms with Crippen molar-refractivity contribution in [1.29, 1.82) is 0 Å². The minimum absolute atomic E-state index is 0.0124. The number of hydrogen-bond acceptors (Lipinski definition) is 5. The third-order valence-electron chi connectivity index (χ3n) is 3.33. The molecule has 0 saturated heterocycles. The van der Waals surface area contributed by atoms with E-state index < -0.39 is 0 Å². The summed E-state index contributed by atoms with van der Waals surface area (Å²) in [5.41, 5.74) is 4.00. The number of nitrogens with zero attached hydrogens (tertiary/aromatic N) is 1. The van der Waals surface area contributed by atoms with Gasteiger partial charge in [-0.15, -0.1) is 11.3 Å². The quantitative estimate of drug-likeness (QED) is 0.429. The molecule has 23 heavy (non-hydrogen) atoms. The van der Waals surface area contributed by atoms with Crippen LogP contribution in [0.4, 0.5) is 0 Å². The van der Waals surface area contributed by atoms with Gasteiger partial charge in [0.15, 0.2) is 0 Å². The molecule has 0 aliphatic heterocycles. The molecule has 3 N–H and O–H groups in total. The summed E-state index contributed by atoms with van der Waals surface area (Å²) >= 11 is 1.56. The first-order chi connectivity index (χ1) is 11.0. The molecular weight excluding hydrogens is 312 g/mol. The number of hydrazone groups is 1. The van der Waals surface area contributed by atoms with E-state index >= 15 is 0 Å². The smallest absolute Gasteiger partial charge is 0.272 e. The second-order valence-electron chi connectivity index (χ2n) is 5.11. The van der Waals surface area contributed by atoms with Gasteiger partial charge in [-0.1, -0.05) is 20.3 Å². The molecule has 0 aliphatic rings. The molecule has 0 atom stereocenters. The topological polar surface area (TPSA) is 81.9 Å². The minimum Gasteiger partial charge on any atom is -0.508 e. The van der Waals surface area contributed by atoms with Gasteiger partial charge in [0.25, 0.3) is 5.91 Å². The summed E-state index contributed by atoms with van der Waals surface area (Å²) in [6.45, 7) is 3.96. The largest absolute Gasteiger partial charge is 0.508 e. The van der Waals surface area contributed by atoms with E-state index in [9.17, 15) is 15.0 Å². The van der Waals surface area contributed by atoms with E-state index in [1.165, 1.54) is 23.1 Å². The number of phenols is 2. The Morgan fingerprint density at radius 1 is 1.26 bits per heavy atom. The van der Waals surface area contributed by atoms with Crippen LogP contribution in [0.5, 0.6) is 11.5 Å². The molecule has 0 aliphatic carbocycles. The first-order valence-electron chi connectivity index (χ1n) is 7.51. The van der Waals surface area contributed by atoms with Gasteiger partial charge < -0.3 is 10.2 Å². The fourth-order valence-corrected chi connectivity index (χ4v) is 3.12. The maximum absolute atomic E-state index is 12.1. The molecule has 6 heteroatoms. The zero-order chi connectivity index (χ0) is 16.8. The highest BCUT2D eigenvalue weighted by Gasteiger charge is 2.11. The molecule has 122 valence electrons. The third-order valence-corrected chi connectivity index (χ3v) is 4.33. The van der Waals surface area contributed by atoms with Crippen LogP contribution in [0.25, 0.3) is 0 Å². The summed E-state index contributed by atoms with van der Waals surface area (Å²) in [5.74, 6) is -0.236. The van der Waals surface area contributed by atoms with Gasteiger partial charge in [-0.25, -0.2) is 5.43 Å². The number of phenolic OH excluding ortho intramolecular Hbond substituents is 2. The van der Waals surface area contributed by atoms with Crippen molar-refractivity contribution in [3.8, 4) is 11.5 Å². The number of amides is 1. The molecule has 0 bridgehead atoms. The summed E-state index contributed by atoms with van der Waals surface area (Å²) in [7, 11) is 0. The number of carbonyl (C=O) groups excluding carboxylic acids is 1. The van der Waals surface area contributed by atoms with Crippen molar-refractivity contribution in [3.05, 3.63) is 45.6 Å². The first-order valence-corrected chi connectivity index (χ1v) is 8.39. The molecule has 2 aromatic rings. The Labute approximate surface area is 139 Å². The van der Waals surface area contributed by atoms with Crippen LogP contribution >= 0.6 is 11.3 Å². The highest BCUT2D eigenvalue weighted by Crippen LogP contribution is 2.23. The second kappa shape index (κ2) is 7.78. The molecule has 1 amide bonds. The predicted molar refractivity (Wildman–Crippen MR) is 92.4 cm³/mol. The first kappa shape index (κ1) is 17.0. The van der Waals surface area contributed by atoms with Crippen molar-refractivity contribution in [1.82, 2.24) is 5.43 Å². The normalized spacial score (nSPS) is 11.5. The van der Waals surface area contributed by atoms with Gasteiger partial charge in [0, 0.05) is 15.8 Å². The van der Waals surface area contributed by atoms with Gasteiger partial charge in [-0.3, -0.25) is 4.79 Å². The Hall–Kier alpha value is -2.34. The van der Waals surface area contributed by atoms with E-state index in [-0.39, 0.29) is 17.4 Å². The Balaban J connectivity index is 2.15. The number of nitrogens with one attached hydrogen (secondary N) is 1. The number of carbonyl (C=O) groups is 1. The number of aromatic hydroxyl groups is 2. The zero-order valence-electron chi connectivity index (χ0n) is 13.2. The van der Waals surface area contributed by atoms with E-state index in [0.29, 0.717) is 23.3 Å². The van der Waals surface area contributed by atoms with Gasteiger partial charge in [-0.05, 0) is 37.1 Å². The van der Waals surface area contributed by atoms with E-state index in [0.717, 1.165) is 12.8 Å². The molecule has 1 aromatic carbocycles. The molecule has 5 nitrogen and oxygen atoms in total. The molecule has 0 saturated carbocycles. The van der Waals surface area contributed by atoms with Gasteiger partial charge >= 0.3 is 0 Å². The van der Waals surface area contributed by atoms with E-state index in [1.807, 2.05) is 18.4 Å². The zero-order valence-corrected chi connectivity index (χ0v) is 14.0. The molecule has 1 heterocycles. The van der Waals surface area contributed by atoms with Crippen LogP contribution in [-0.2, 0) is 6.42 Å². The van der Waals surface area contributed by atoms with E-state index in [1.54, 1.807) is 11.3 Å². The van der Waals surface area contributed by atoms with Gasteiger partial charge in [0.1, 0.15) is 11.5 Å². The van der Waals surface area contributed by atoms with Gasteiger partial charge in [0.2, 0.25) is 0 Å². The summed E-state index contributed by atoms with van der Waals surface area (Å²) in [6, 6.07) is 6.09. The lowest BCUT2D eigenvalue weighted by Crippen LogP contribution is -2.19. The molecule has 1 aromatic heterocycles. The number of thiophene rings is 1. The summed E-state index contributed by atoms with van der Waals surface area (Å²) in [4.78, 5) is 13.3. The van der Waals surface area contributed by atoms with Crippen molar-refractivity contribution in [2.75, 3.05) is 0 Å². The Bertz CT molecular complexity index is 722. The second-order valence-corrected chi connectivity index (χ2v) is 6.10. The van der Waals surface area contributed by atoms with Crippen LogP contribution < -0.4 is 5.43 Å². The molecule has 0 unspecified atom stereocenters. The Morgan fingerprint density at radius 3 is 2.74 bits per heavy atom. The van der Waals surface area contributed by atoms with E-state index in [4.69, 9.17) is 0 Å². The van der Waals surface area contributed by atoms with Gasteiger partial charge in [0.05, 0.1) is 11.3 Å². The van der Waals surface area contributed by atoms with Crippen LogP contribution in [0.15, 0.2) is 34.7 Å². The standard InChI is InChI=1S/C17H20N2O3S/c1-3-5-13-8-11(10-23-13)17(22)19-18-15(4-2)14-9-12(20)6-7-16(14)21/h6-10,20-21H,3-5H2,1-2H3,(H,19,22)/b18-15+. The fraction of sp³-hybridized carbons (Fsp3) is 0.294. The van der Waals surface area contributed by atoms with Crippen LogP contribution in [-0.4, -0.2) is 21.8 Å². The van der Waals surface area contributed by atoms with Crippen molar-refractivity contribution >= 4 is 23.0 Å². The molecule has 0 spiro atoms. The lowest BCUT2D eigenvalue weighted by molar-refractivity contribution is 0.0955. The molecule has 2 rings (SSSR count). The summed E-state index contributed by atoms with van der Waals surface area (Å²) in [5, 5.41) is 25.3. The Kier molecular flexibility index (Phi) is 5.76. The van der Waals surface area contributed by atoms with Crippen molar-refractivity contribution in [3.63, 3.8) is 0 Å². The maximum atomic E-state index is 12.1.